The second-order valence-electron chi connectivity index (χ2n) is 8.10. The quantitative estimate of drug-likeness (QED) is 0.127. The van der Waals surface area contributed by atoms with E-state index in [4.69, 9.17) is 4.74 Å². The summed E-state index contributed by atoms with van der Waals surface area (Å²) in [5, 5.41) is 16.9. The molecule has 1 N–H and O–H groups in total. The fourth-order valence-electron chi connectivity index (χ4n) is 4.29. The molecule has 0 aromatic heterocycles. The summed E-state index contributed by atoms with van der Waals surface area (Å²) in [5.41, 5.74) is 3.11. The largest absolute Gasteiger partial charge is 0.410 e. The molecule has 0 atom stereocenters. The zero-order valence-corrected chi connectivity index (χ0v) is 20.0. The molecule has 0 radical (unpaired) electrons. The fraction of sp³-hybridized carbons (Fsp3) is 0. The fourth-order valence-corrected chi connectivity index (χ4v) is 7.82. The lowest BCUT2D eigenvalue weighted by Crippen LogP contribution is -2.25. The van der Waals surface area contributed by atoms with Gasteiger partial charge in [0.1, 0.15) is 5.71 Å². The number of hydrogen-bond donors (Lipinski definition) is 1. The van der Waals surface area contributed by atoms with Crippen molar-refractivity contribution in [3.63, 3.8) is 0 Å². The summed E-state index contributed by atoms with van der Waals surface area (Å²) >= 11 is 0. The van der Waals surface area contributed by atoms with E-state index in [1.165, 1.54) is 15.9 Å². The first-order chi connectivity index (χ1) is 17.3. The van der Waals surface area contributed by atoms with Crippen LogP contribution in [-0.2, 0) is 0 Å². The van der Waals surface area contributed by atoms with Crippen LogP contribution in [0.25, 0.3) is 0 Å². The van der Waals surface area contributed by atoms with Crippen LogP contribution in [0.15, 0.2) is 155 Å². The van der Waals surface area contributed by atoms with Gasteiger partial charge in [-0.3, -0.25) is 4.74 Å². The molecule has 170 valence electrons. The molecule has 5 aromatic carbocycles. The summed E-state index contributed by atoms with van der Waals surface area (Å²) in [5.74, 6) is 0. The Balaban J connectivity index is 1.71. The van der Waals surface area contributed by atoms with Crippen LogP contribution < -0.4 is 15.9 Å². The van der Waals surface area contributed by atoms with Gasteiger partial charge >= 0.3 is 0 Å². The lowest BCUT2D eigenvalue weighted by atomic mass is 10.0. The first-order valence-electron chi connectivity index (χ1n) is 11.5. The summed E-state index contributed by atoms with van der Waals surface area (Å²) in [6.45, 7) is 0. The third-order valence-electron chi connectivity index (χ3n) is 5.94. The minimum atomic E-state index is -2.33. The Kier molecular flexibility index (Phi) is 6.70. The standard InChI is InChI=1S/C31H25N2OP/c34-32-31(25-13-5-1-6-14-25)26-21-23-27(24-22-26)33-35(28-15-7-2-8-16-28,29-17-9-3-10-18-29)30-19-11-4-12-20-30/h1-24,34H/b32-31+. The predicted molar refractivity (Wildman–Crippen MR) is 148 cm³/mol. The molecule has 0 saturated heterocycles. The molecule has 0 saturated carbocycles. The Hall–Kier alpha value is -4.20. The molecule has 0 aliphatic heterocycles. The second-order valence-corrected chi connectivity index (χ2v) is 11.1. The van der Waals surface area contributed by atoms with E-state index in [-0.39, 0.29) is 0 Å². The van der Waals surface area contributed by atoms with Crippen LogP contribution in [-0.4, -0.2) is 10.9 Å². The minimum absolute atomic E-state index is 0.535. The number of rotatable bonds is 6. The van der Waals surface area contributed by atoms with Crippen molar-refractivity contribution in [2.75, 3.05) is 0 Å². The van der Waals surface area contributed by atoms with Crippen molar-refractivity contribution in [1.29, 1.82) is 0 Å². The molecule has 35 heavy (non-hydrogen) atoms. The van der Waals surface area contributed by atoms with Crippen LogP contribution >= 0.6 is 7.05 Å². The maximum Gasteiger partial charge on any atom is 0.117 e. The maximum absolute atomic E-state index is 9.70. The van der Waals surface area contributed by atoms with Gasteiger partial charge in [0.15, 0.2) is 0 Å². The topological polar surface area (TPSA) is 45.0 Å². The lowest BCUT2D eigenvalue weighted by Gasteiger charge is -2.27. The van der Waals surface area contributed by atoms with Crippen LogP contribution in [0, 0.1) is 0 Å². The molecule has 3 nitrogen and oxygen atoms in total. The van der Waals surface area contributed by atoms with Crippen molar-refractivity contribution in [3.05, 3.63) is 157 Å². The van der Waals surface area contributed by atoms with Gasteiger partial charge in [-0.25, -0.2) is 0 Å². The van der Waals surface area contributed by atoms with Gasteiger partial charge in [0.2, 0.25) is 0 Å². The predicted octanol–water partition coefficient (Wildman–Crippen LogP) is 6.72. The highest BCUT2D eigenvalue weighted by Crippen LogP contribution is 2.49. The van der Waals surface area contributed by atoms with E-state index in [1.807, 2.05) is 72.8 Å². The zero-order valence-electron chi connectivity index (χ0n) is 19.1. The van der Waals surface area contributed by atoms with Crippen molar-refractivity contribution in [2.24, 2.45) is 9.90 Å². The van der Waals surface area contributed by atoms with Crippen molar-refractivity contribution in [1.82, 2.24) is 0 Å². The molecule has 4 heteroatoms. The van der Waals surface area contributed by atoms with E-state index in [2.05, 4.69) is 78.0 Å². The maximum atomic E-state index is 9.70. The first-order valence-corrected chi connectivity index (χ1v) is 13.2. The SMILES string of the molecule is O/N=C(\c1ccccc1)c1ccc(N=P(c2ccccc2)(c2ccccc2)c2ccccc2)cc1. The summed E-state index contributed by atoms with van der Waals surface area (Å²) in [6.07, 6.45) is 0. The van der Waals surface area contributed by atoms with Crippen molar-refractivity contribution >= 4 is 34.4 Å². The highest BCUT2D eigenvalue weighted by molar-refractivity contribution is 7.87. The molecule has 0 unspecified atom stereocenters. The van der Waals surface area contributed by atoms with Gasteiger partial charge < -0.3 is 5.21 Å². The highest BCUT2D eigenvalue weighted by atomic mass is 31.2. The molecule has 0 fully saturated rings. The summed E-state index contributed by atoms with van der Waals surface area (Å²) in [4.78, 5) is 0. The molecule has 0 heterocycles. The number of oxime groups is 1. The smallest absolute Gasteiger partial charge is 0.117 e. The van der Waals surface area contributed by atoms with E-state index < -0.39 is 7.05 Å². The minimum Gasteiger partial charge on any atom is -0.410 e. The lowest BCUT2D eigenvalue weighted by molar-refractivity contribution is 0.319. The molecule has 0 amide bonds. The molecule has 0 spiro atoms. The third kappa shape index (κ3) is 4.59. The normalized spacial score (nSPS) is 11.7. The molecular weight excluding hydrogens is 447 g/mol. The van der Waals surface area contributed by atoms with Gasteiger partial charge in [0.05, 0.1) is 12.7 Å². The Bertz CT molecular complexity index is 1360. The van der Waals surface area contributed by atoms with Gasteiger partial charge in [0.25, 0.3) is 0 Å². The van der Waals surface area contributed by atoms with E-state index in [0.717, 1.165) is 16.8 Å². The van der Waals surface area contributed by atoms with E-state index >= 15 is 0 Å². The monoisotopic (exact) mass is 472 g/mol. The number of nitrogens with zero attached hydrogens (tertiary/aromatic N) is 2. The number of hydrogen-bond acceptors (Lipinski definition) is 3. The second kappa shape index (κ2) is 10.4. The van der Waals surface area contributed by atoms with Gasteiger partial charge in [-0.15, -0.1) is 0 Å². The van der Waals surface area contributed by atoms with Gasteiger partial charge in [-0.1, -0.05) is 139 Å². The summed E-state index contributed by atoms with van der Waals surface area (Å²) < 4.78 is 5.51. The van der Waals surface area contributed by atoms with Gasteiger partial charge in [0, 0.05) is 27.0 Å². The van der Waals surface area contributed by atoms with Gasteiger partial charge in [-0.2, -0.15) is 0 Å². The van der Waals surface area contributed by atoms with Crippen LogP contribution in [0.2, 0.25) is 0 Å². The Labute approximate surface area is 206 Å². The third-order valence-corrected chi connectivity index (χ3v) is 9.61. The average molecular weight is 473 g/mol. The molecule has 0 aliphatic rings. The van der Waals surface area contributed by atoms with Crippen molar-refractivity contribution in [3.8, 4) is 0 Å². The van der Waals surface area contributed by atoms with E-state index in [1.54, 1.807) is 0 Å². The van der Waals surface area contributed by atoms with Gasteiger partial charge in [-0.05, 0) is 12.1 Å². The summed E-state index contributed by atoms with van der Waals surface area (Å²) in [6, 6.07) is 49.3. The van der Waals surface area contributed by atoms with Crippen molar-refractivity contribution in [2.45, 2.75) is 0 Å². The number of benzene rings is 5. The molecule has 5 rings (SSSR count). The zero-order chi connectivity index (χ0) is 23.9. The Morgan fingerprint density at radius 3 is 1.23 bits per heavy atom. The Morgan fingerprint density at radius 2 is 0.829 bits per heavy atom. The molecule has 0 bridgehead atoms. The van der Waals surface area contributed by atoms with Crippen LogP contribution in [0.5, 0.6) is 0 Å². The van der Waals surface area contributed by atoms with E-state index in [0.29, 0.717) is 5.71 Å². The highest BCUT2D eigenvalue weighted by Gasteiger charge is 2.27. The first kappa shape index (κ1) is 22.6. The van der Waals surface area contributed by atoms with Crippen LogP contribution in [0.3, 0.4) is 0 Å². The Morgan fingerprint density at radius 1 is 0.457 bits per heavy atom. The van der Waals surface area contributed by atoms with Crippen molar-refractivity contribution < 1.29 is 5.21 Å². The molecule has 0 aliphatic carbocycles. The van der Waals surface area contributed by atoms with E-state index in [9.17, 15) is 5.21 Å². The molecular formula is C31H25N2OP. The summed E-state index contributed by atoms with van der Waals surface area (Å²) in [7, 11) is -2.33. The van der Waals surface area contributed by atoms with Crippen LogP contribution in [0.1, 0.15) is 11.1 Å². The average Bonchev–Trinajstić information content (AvgIpc) is 2.95. The van der Waals surface area contributed by atoms with Crippen LogP contribution in [0.4, 0.5) is 5.69 Å². The molecule has 5 aromatic rings.